The van der Waals surface area contributed by atoms with Crippen LogP contribution < -0.4 is 10.1 Å². The van der Waals surface area contributed by atoms with E-state index < -0.39 is 11.6 Å². The molecule has 1 aromatic rings. The van der Waals surface area contributed by atoms with Crippen LogP contribution in [-0.4, -0.2) is 48.7 Å². The fourth-order valence-electron chi connectivity index (χ4n) is 3.51. The number of nitrogens with one attached hydrogen (secondary N) is 1. The first-order chi connectivity index (χ1) is 11.8. The summed E-state index contributed by atoms with van der Waals surface area (Å²) in [7, 11) is 4.66. The summed E-state index contributed by atoms with van der Waals surface area (Å²) in [4.78, 5) is 30.8. The van der Waals surface area contributed by atoms with Crippen molar-refractivity contribution >= 4 is 12.0 Å². The molecule has 2 amide bonds. The molecule has 0 saturated heterocycles. The summed E-state index contributed by atoms with van der Waals surface area (Å²) in [5.74, 6) is 0.672. The molecule has 0 unspecified atom stereocenters. The molecule has 25 heavy (non-hydrogen) atoms. The van der Waals surface area contributed by atoms with E-state index in [2.05, 4.69) is 10.3 Å². The smallest absolute Gasteiger partial charge is 0.407 e. The Labute approximate surface area is 148 Å². The van der Waals surface area contributed by atoms with E-state index in [9.17, 15) is 9.59 Å². The number of carbonyl (C=O) groups is 2. The normalized spacial score (nSPS) is 15.6. The Hall–Kier alpha value is -2.31. The quantitative estimate of drug-likeness (QED) is 0.882. The van der Waals surface area contributed by atoms with Crippen LogP contribution in [0.1, 0.15) is 42.5 Å². The van der Waals surface area contributed by atoms with E-state index >= 15 is 0 Å². The van der Waals surface area contributed by atoms with Crippen molar-refractivity contribution in [3.8, 4) is 5.75 Å². The summed E-state index contributed by atoms with van der Waals surface area (Å²) in [6, 6.07) is 0. The number of ether oxygens (including phenoxy) is 2. The van der Waals surface area contributed by atoms with E-state index in [0.29, 0.717) is 19.4 Å². The summed E-state index contributed by atoms with van der Waals surface area (Å²) in [5, 5.41) is 2.76. The van der Waals surface area contributed by atoms with Crippen LogP contribution in [0.2, 0.25) is 0 Å². The second-order valence-corrected chi connectivity index (χ2v) is 6.61. The maximum absolute atomic E-state index is 13.1. The Bertz CT molecular complexity index is 654. The molecule has 1 heterocycles. The Morgan fingerprint density at radius 2 is 1.92 bits per heavy atom. The predicted molar refractivity (Wildman–Crippen MR) is 93.5 cm³/mol. The van der Waals surface area contributed by atoms with Gasteiger partial charge in [-0.2, -0.15) is 0 Å². The molecule has 0 spiro atoms. The highest BCUT2D eigenvalue weighted by atomic mass is 16.5. The van der Waals surface area contributed by atoms with Crippen LogP contribution in [0.15, 0.2) is 6.20 Å². The fourth-order valence-corrected chi connectivity index (χ4v) is 3.51. The zero-order valence-electron chi connectivity index (χ0n) is 15.6. The van der Waals surface area contributed by atoms with Gasteiger partial charge in [0.25, 0.3) is 0 Å². The number of hydrogen-bond acceptors (Lipinski definition) is 5. The number of rotatable bonds is 5. The van der Waals surface area contributed by atoms with Gasteiger partial charge < -0.3 is 19.7 Å². The van der Waals surface area contributed by atoms with Crippen LogP contribution in [0.25, 0.3) is 0 Å². The molecule has 1 saturated carbocycles. The van der Waals surface area contributed by atoms with Crippen molar-refractivity contribution in [2.45, 2.75) is 51.6 Å². The summed E-state index contributed by atoms with van der Waals surface area (Å²) in [6.07, 6.45) is 4.22. The Morgan fingerprint density at radius 1 is 1.28 bits per heavy atom. The summed E-state index contributed by atoms with van der Waals surface area (Å²) < 4.78 is 10.1. The Kier molecular flexibility index (Phi) is 5.87. The van der Waals surface area contributed by atoms with Gasteiger partial charge in [-0.05, 0) is 26.7 Å². The molecule has 138 valence electrons. The number of amides is 2. The van der Waals surface area contributed by atoms with Crippen molar-refractivity contribution in [2.24, 2.45) is 0 Å². The highest BCUT2D eigenvalue weighted by Crippen LogP contribution is 2.32. The largest absolute Gasteiger partial charge is 0.496 e. The molecule has 0 radical (unpaired) electrons. The number of aryl methyl sites for hydroxylation is 1. The number of nitrogens with zero attached hydrogens (tertiary/aromatic N) is 2. The monoisotopic (exact) mass is 349 g/mol. The standard InChI is InChI=1S/C18H27N3O4/c1-12-10-19-14(13(2)15(12)24-4)11-21(3)16(22)18(8-6-7-9-18)20-17(23)25-5/h10H,6-9,11H2,1-5H3,(H,20,23). The van der Waals surface area contributed by atoms with E-state index in [1.54, 1.807) is 25.3 Å². The van der Waals surface area contributed by atoms with Crippen molar-refractivity contribution in [3.05, 3.63) is 23.0 Å². The first-order valence-electron chi connectivity index (χ1n) is 8.45. The van der Waals surface area contributed by atoms with E-state index in [-0.39, 0.29) is 5.91 Å². The Morgan fingerprint density at radius 3 is 2.48 bits per heavy atom. The molecule has 1 N–H and O–H groups in total. The first kappa shape index (κ1) is 19.0. The minimum atomic E-state index is -0.884. The minimum absolute atomic E-state index is 0.115. The molecule has 0 bridgehead atoms. The lowest BCUT2D eigenvalue weighted by Gasteiger charge is -2.32. The minimum Gasteiger partial charge on any atom is -0.496 e. The lowest BCUT2D eigenvalue weighted by molar-refractivity contribution is -0.137. The number of alkyl carbamates (subject to hydrolysis) is 1. The number of hydrogen-bond donors (Lipinski definition) is 1. The van der Waals surface area contributed by atoms with Gasteiger partial charge in [0.2, 0.25) is 5.91 Å². The van der Waals surface area contributed by atoms with Gasteiger partial charge in [0.1, 0.15) is 11.3 Å². The zero-order chi connectivity index (χ0) is 18.6. The van der Waals surface area contributed by atoms with Crippen molar-refractivity contribution in [3.63, 3.8) is 0 Å². The third kappa shape index (κ3) is 3.86. The second-order valence-electron chi connectivity index (χ2n) is 6.61. The van der Waals surface area contributed by atoms with Crippen molar-refractivity contribution in [1.29, 1.82) is 0 Å². The molecular weight excluding hydrogens is 322 g/mol. The Balaban J connectivity index is 2.20. The molecule has 0 atom stereocenters. The lowest BCUT2D eigenvalue weighted by Crippen LogP contribution is -2.57. The number of carbonyl (C=O) groups excluding carboxylic acids is 2. The van der Waals surface area contributed by atoms with Gasteiger partial charge in [0.05, 0.1) is 26.5 Å². The fraction of sp³-hybridized carbons (Fsp3) is 0.611. The van der Waals surface area contributed by atoms with Crippen LogP contribution in [0, 0.1) is 13.8 Å². The maximum atomic E-state index is 13.1. The van der Waals surface area contributed by atoms with Crippen molar-refractivity contribution < 1.29 is 19.1 Å². The van der Waals surface area contributed by atoms with Gasteiger partial charge in [-0.1, -0.05) is 12.8 Å². The van der Waals surface area contributed by atoms with Crippen molar-refractivity contribution in [1.82, 2.24) is 15.2 Å². The number of pyridine rings is 1. The SMILES string of the molecule is COC(=O)NC1(C(=O)N(C)Cc2ncc(C)c(OC)c2C)CCCC1. The van der Waals surface area contributed by atoms with E-state index in [1.165, 1.54) is 7.11 Å². The molecule has 7 heteroatoms. The average molecular weight is 349 g/mol. The predicted octanol–water partition coefficient (Wildman–Crippen LogP) is 2.33. The van der Waals surface area contributed by atoms with Crippen LogP contribution >= 0.6 is 0 Å². The molecule has 1 aromatic heterocycles. The number of methoxy groups -OCH3 is 2. The molecular formula is C18H27N3O4. The van der Waals surface area contributed by atoms with E-state index in [0.717, 1.165) is 35.4 Å². The van der Waals surface area contributed by atoms with Gasteiger partial charge in [0, 0.05) is 24.4 Å². The van der Waals surface area contributed by atoms with Gasteiger partial charge in [-0.3, -0.25) is 9.78 Å². The zero-order valence-corrected chi connectivity index (χ0v) is 15.6. The lowest BCUT2D eigenvalue weighted by atomic mass is 9.95. The number of aromatic nitrogens is 1. The highest BCUT2D eigenvalue weighted by Gasteiger charge is 2.44. The molecule has 1 aliphatic carbocycles. The highest BCUT2D eigenvalue weighted by molar-refractivity contribution is 5.90. The van der Waals surface area contributed by atoms with Crippen molar-refractivity contribution in [2.75, 3.05) is 21.3 Å². The van der Waals surface area contributed by atoms with Crippen LogP contribution in [-0.2, 0) is 16.1 Å². The summed E-state index contributed by atoms with van der Waals surface area (Å²) in [6.45, 7) is 4.22. The number of likely N-dealkylation sites (N-methyl/N-ethyl adjacent to an activating group) is 1. The summed E-state index contributed by atoms with van der Waals surface area (Å²) in [5.41, 5.74) is 1.77. The summed E-state index contributed by atoms with van der Waals surface area (Å²) >= 11 is 0. The first-order valence-corrected chi connectivity index (χ1v) is 8.45. The molecule has 0 aliphatic heterocycles. The van der Waals surface area contributed by atoms with Crippen LogP contribution in [0.3, 0.4) is 0 Å². The molecule has 1 aliphatic rings. The van der Waals surface area contributed by atoms with Gasteiger partial charge in [-0.15, -0.1) is 0 Å². The van der Waals surface area contributed by atoms with Gasteiger partial charge >= 0.3 is 6.09 Å². The third-order valence-corrected chi connectivity index (χ3v) is 4.88. The van der Waals surface area contributed by atoms with E-state index in [4.69, 9.17) is 9.47 Å². The molecule has 1 fully saturated rings. The van der Waals surface area contributed by atoms with E-state index in [1.807, 2.05) is 13.8 Å². The van der Waals surface area contributed by atoms with Crippen LogP contribution in [0.4, 0.5) is 4.79 Å². The second kappa shape index (κ2) is 7.72. The topological polar surface area (TPSA) is 80.8 Å². The molecule has 7 nitrogen and oxygen atoms in total. The maximum Gasteiger partial charge on any atom is 0.407 e. The molecule has 0 aromatic carbocycles. The van der Waals surface area contributed by atoms with Crippen LogP contribution in [0.5, 0.6) is 5.75 Å². The van der Waals surface area contributed by atoms with Gasteiger partial charge in [-0.25, -0.2) is 4.79 Å². The van der Waals surface area contributed by atoms with Gasteiger partial charge in [0.15, 0.2) is 0 Å². The average Bonchev–Trinajstić information content (AvgIpc) is 3.06. The third-order valence-electron chi connectivity index (χ3n) is 4.88. The molecule has 2 rings (SSSR count).